The van der Waals surface area contributed by atoms with E-state index in [9.17, 15) is 0 Å². The van der Waals surface area contributed by atoms with Gasteiger partial charge in [0.1, 0.15) is 12.1 Å². The summed E-state index contributed by atoms with van der Waals surface area (Å²) in [5.41, 5.74) is 0. The summed E-state index contributed by atoms with van der Waals surface area (Å²) in [6.07, 6.45) is 5.97. The molecule has 5 heteroatoms. The molecule has 0 spiro atoms. The summed E-state index contributed by atoms with van der Waals surface area (Å²) in [6.45, 7) is 2.18. The van der Waals surface area contributed by atoms with E-state index >= 15 is 0 Å². The van der Waals surface area contributed by atoms with Crippen LogP contribution in [0.2, 0.25) is 0 Å². The fraction of sp³-hybridized carbons (Fsp3) is 0.600. The molecule has 1 fully saturated rings. The van der Waals surface area contributed by atoms with Crippen LogP contribution in [0.1, 0.15) is 12.8 Å². The highest BCUT2D eigenvalue weighted by atomic mass is 79.9. The normalized spacial score (nSPS) is 21.7. The molecule has 0 saturated carbocycles. The van der Waals surface area contributed by atoms with E-state index in [1.807, 2.05) is 0 Å². The standard InChI is InChI=1S/C10H13Br2N3/c11-4-8-2-1-3-15(6-8)10-9(12)5-13-7-14-10/h5,7-8H,1-4,6H2. The molecule has 1 aromatic heterocycles. The Morgan fingerprint density at radius 3 is 3.13 bits per heavy atom. The lowest BCUT2D eigenvalue weighted by atomic mass is 10.0. The molecule has 15 heavy (non-hydrogen) atoms. The van der Waals surface area contributed by atoms with E-state index < -0.39 is 0 Å². The van der Waals surface area contributed by atoms with Crippen LogP contribution in [-0.2, 0) is 0 Å². The average Bonchev–Trinajstić information content (AvgIpc) is 2.30. The number of rotatable bonds is 2. The maximum atomic E-state index is 4.32. The van der Waals surface area contributed by atoms with Crippen LogP contribution in [0.3, 0.4) is 0 Å². The molecule has 0 radical (unpaired) electrons. The van der Waals surface area contributed by atoms with Crippen molar-refractivity contribution in [1.29, 1.82) is 0 Å². The van der Waals surface area contributed by atoms with Crippen molar-refractivity contribution in [2.24, 2.45) is 5.92 Å². The molecule has 1 saturated heterocycles. The molecule has 0 amide bonds. The predicted octanol–water partition coefficient (Wildman–Crippen LogP) is 2.85. The second kappa shape index (κ2) is 5.25. The van der Waals surface area contributed by atoms with E-state index in [2.05, 4.69) is 46.7 Å². The number of nitrogens with zero attached hydrogens (tertiary/aromatic N) is 3. The largest absolute Gasteiger partial charge is 0.355 e. The van der Waals surface area contributed by atoms with Gasteiger partial charge in [-0.3, -0.25) is 0 Å². The minimum Gasteiger partial charge on any atom is -0.355 e. The quantitative estimate of drug-likeness (QED) is 0.779. The Labute approximate surface area is 107 Å². The Balaban J connectivity index is 2.13. The van der Waals surface area contributed by atoms with Gasteiger partial charge in [0.25, 0.3) is 0 Å². The van der Waals surface area contributed by atoms with E-state index in [1.165, 1.54) is 12.8 Å². The Hall–Kier alpha value is -0.160. The van der Waals surface area contributed by atoms with Gasteiger partial charge in [-0.15, -0.1) is 0 Å². The van der Waals surface area contributed by atoms with Crippen LogP contribution in [0.5, 0.6) is 0 Å². The van der Waals surface area contributed by atoms with E-state index in [0.29, 0.717) is 0 Å². The van der Waals surface area contributed by atoms with Gasteiger partial charge in [-0.25, -0.2) is 9.97 Å². The van der Waals surface area contributed by atoms with Crippen molar-refractivity contribution in [3.8, 4) is 0 Å². The van der Waals surface area contributed by atoms with Crippen LogP contribution in [-0.4, -0.2) is 28.4 Å². The Kier molecular flexibility index (Phi) is 3.97. The predicted molar refractivity (Wildman–Crippen MR) is 68.5 cm³/mol. The van der Waals surface area contributed by atoms with Crippen LogP contribution in [0, 0.1) is 5.92 Å². The lowest BCUT2D eigenvalue weighted by molar-refractivity contribution is 0.452. The van der Waals surface area contributed by atoms with Crippen molar-refractivity contribution in [3.63, 3.8) is 0 Å². The Morgan fingerprint density at radius 2 is 2.40 bits per heavy atom. The maximum Gasteiger partial charge on any atom is 0.146 e. The fourth-order valence-electron chi connectivity index (χ4n) is 1.92. The lowest BCUT2D eigenvalue weighted by Crippen LogP contribution is -2.36. The summed E-state index contributed by atoms with van der Waals surface area (Å²) >= 11 is 7.05. The summed E-state index contributed by atoms with van der Waals surface area (Å²) in [5, 5.41) is 1.08. The summed E-state index contributed by atoms with van der Waals surface area (Å²) in [4.78, 5) is 10.6. The van der Waals surface area contributed by atoms with Gasteiger partial charge in [0, 0.05) is 24.6 Å². The first kappa shape index (κ1) is 11.3. The summed E-state index contributed by atoms with van der Waals surface area (Å²) in [6, 6.07) is 0. The van der Waals surface area contributed by atoms with Gasteiger partial charge >= 0.3 is 0 Å². The summed E-state index contributed by atoms with van der Waals surface area (Å²) < 4.78 is 0.986. The van der Waals surface area contributed by atoms with Gasteiger partial charge in [0.2, 0.25) is 0 Å². The molecule has 0 bridgehead atoms. The second-order valence-corrected chi connectivity index (χ2v) is 5.30. The van der Waals surface area contributed by atoms with Gasteiger partial charge < -0.3 is 4.90 Å². The number of alkyl halides is 1. The van der Waals surface area contributed by atoms with Crippen molar-refractivity contribution in [3.05, 3.63) is 17.0 Å². The van der Waals surface area contributed by atoms with Crippen LogP contribution in [0.4, 0.5) is 5.82 Å². The first-order valence-corrected chi connectivity index (χ1v) is 6.99. The topological polar surface area (TPSA) is 29.0 Å². The molecule has 2 rings (SSSR count). The molecule has 1 unspecified atom stereocenters. The molecule has 1 aromatic rings. The van der Waals surface area contributed by atoms with Crippen LogP contribution >= 0.6 is 31.9 Å². The number of aromatic nitrogens is 2. The summed E-state index contributed by atoms with van der Waals surface area (Å²) in [7, 11) is 0. The number of hydrogen-bond donors (Lipinski definition) is 0. The second-order valence-electron chi connectivity index (χ2n) is 3.80. The fourth-order valence-corrected chi connectivity index (χ4v) is 2.92. The van der Waals surface area contributed by atoms with E-state index in [-0.39, 0.29) is 0 Å². The van der Waals surface area contributed by atoms with Gasteiger partial charge in [-0.1, -0.05) is 15.9 Å². The number of hydrogen-bond acceptors (Lipinski definition) is 3. The van der Waals surface area contributed by atoms with Crippen LogP contribution < -0.4 is 4.90 Å². The molecule has 1 aliphatic heterocycles. The van der Waals surface area contributed by atoms with Gasteiger partial charge in [-0.2, -0.15) is 0 Å². The molecular weight excluding hydrogens is 322 g/mol. The highest BCUT2D eigenvalue weighted by Crippen LogP contribution is 2.27. The van der Waals surface area contributed by atoms with Gasteiger partial charge in [0.05, 0.1) is 4.47 Å². The highest BCUT2D eigenvalue weighted by molar-refractivity contribution is 9.10. The molecule has 1 atom stereocenters. The number of anilines is 1. The first-order valence-electron chi connectivity index (χ1n) is 5.07. The molecule has 0 N–H and O–H groups in total. The monoisotopic (exact) mass is 333 g/mol. The molecular formula is C10H13Br2N3. The zero-order valence-corrected chi connectivity index (χ0v) is 11.5. The average molecular weight is 335 g/mol. The minimum absolute atomic E-state index is 0.737. The van der Waals surface area contributed by atoms with E-state index in [0.717, 1.165) is 34.6 Å². The van der Waals surface area contributed by atoms with Crippen LogP contribution in [0.25, 0.3) is 0 Å². The molecule has 0 aliphatic carbocycles. The maximum absolute atomic E-state index is 4.32. The van der Waals surface area contributed by atoms with E-state index in [4.69, 9.17) is 0 Å². The third-order valence-electron chi connectivity index (χ3n) is 2.68. The van der Waals surface area contributed by atoms with Crippen molar-refractivity contribution < 1.29 is 0 Å². The SMILES string of the molecule is BrCC1CCCN(c2ncncc2Br)C1. The van der Waals surface area contributed by atoms with Crippen LogP contribution in [0.15, 0.2) is 17.0 Å². The zero-order valence-electron chi connectivity index (χ0n) is 8.37. The number of piperidine rings is 1. The van der Waals surface area contributed by atoms with Crippen molar-refractivity contribution >= 4 is 37.7 Å². The lowest BCUT2D eigenvalue weighted by Gasteiger charge is -2.33. The molecule has 3 nitrogen and oxygen atoms in total. The molecule has 0 aromatic carbocycles. The molecule has 82 valence electrons. The number of halogens is 2. The summed E-state index contributed by atoms with van der Waals surface area (Å²) in [5.74, 6) is 1.76. The van der Waals surface area contributed by atoms with Crippen molar-refractivity contribution in [2.45, 2.75) is 12.8 Å². The van der Waals surface area contributed by atoms with E-state index in [1.54, 1.807) is 12.5 Å². The first-order chi connectivity index (χ1) is 7.31. The van der Waals surface area contributed by atoms with Crippen molar-refractivity contribution in [1.82, 2.24) is 9.97 Å². The molecule has 1 aliphatic rings. The Bertz CT molecular complexity index is 332. The third kappa shape index (κ3) is 2.69. The van der Waals surface area contributed by atoms with Crippen molar-refractivity contribution in [2.75, 3.05) is 23.3 Å². The van der Waals surface area contributed by atoms with Gasteiger partial charge in [0.15, 0.2) is 0 Å². The minimum atomic E-state index is 0.737. The highest BCUT2D eigenvalue weighted by Gasteiger charge is 2.21. The third-order valence-corrected chi connectivity index (χ3v) is 4.16. The van der Waals surface area contributed by atoms with Gasteiger partial charge in [-0.05, 0) is 34.7 Å². The molecule has 2 heterocycles. The Morgan fingerprint density at radius 1 is 1.53 bits per heavy atom. The zero-order chi connectivity index (χ0) is 10.7. The smallest absolute Gasteiger partial charge is 0.146 e.